The molecule has 0 aliphatic carbocycles. The van der Waals surface area contributed by atoms with Gasteiger partial charge in [0, 0.05) is 11.6 Å². The fraction of sp³-hybridized carbons (Fsp3) is 0.267. The molecule has 1 aliphatic rings. The number of aryl methyl sites for hydroxylation is 1. The molecule has 16 heavy (non-hydrogen) atoms. The molecule has 3 rings (SSSR count). The van der Waals surface area contributed by atoms with Crippen LogP contribution >= 0.6 is 0 Å². The average Bonchev–Trinajstić information content (AvgIpc) is 2.55. The Morgan fingerprint density at radius 3 is 2.50 bits per heavy atom. The van der Waals surface area contributed by atoms with E-state index < -0.39 is 0 Å². The van der Waals surface area contributed by atoms with Gasteiger partial charge in [-0.3, -0.25) is 4.99 Å². The number of hydrogen-bond donors (Lipinski definition) is 0. The van der Waals surface area contributed by atoms with Crippen molar-refractivity contribution in [2.45, 2.75) is 26.2 Å². The second-order valence-electron chi connectivity index (χ2n) is 5.11. The predicted octanol–water partition coefficient (Wildman–Crippen LogP) is 4.14. The molecule has 0 fully saturated rings. The Labute approximate surface area is 95.8 Å². The highest BCUT2D eigenvalue weighted by molar-refractivity contribution is 6.00. The van der Waals surface area contributed by atoms with Gasteiger partial charge in [-0.2, -0.15) is 0 Å². The third-order valence-corrected chi connectivity index (χ3v) is 3.40. The Morgan fingerprint density at radius 1 is 1.06 bits per heavy atom. The van der Waals surface area contributed by atoms with Crippen LogP contribution in [0.4, 0.5) is 5.69 Å². The smallest absolute Gasteiger partial charge is 0.0676 e. The summed E-state index contributed by atoms with van der Waals surface area (Å²) in [4.78, 5) is 4.54. The number of aliphatic imine (C=N–C) groups is 1. The molecule has 1 heteroatoms. The summed E-state index contributed by atoms with van der Waals surface area (Å²) < 4.78 is 0. The maximum Gasteiger partial charge on any atom is 0.0676 e. The quantitative estimate of drug-likeness (QED) is 0.618. The molecule has 0 amide bonds. The van der Waals surface area contributed by atoms with E-state index >= 15 is 0 Å². The minimum atomic E-state index is 0.0582. The standard InChI is InChI=1S/C15H15N/c1-10-8-13-14(15(2,3)9-16-13)12-7-5-4-6-11(10)12/h4-9H,1-3H3. The first-order chi connectivity index (χ1) is 7.59. The highest BCUT2D eigenvalue weighted by Gasteiger charge is 2.28. The molecule has 0 saturated heterocycles. The SMILES string of the molecule is Cc1cc2c(c3ccccc13)C(C)(C)C=N2. The summed E-state index contributed by atoms with van der Waals surface area (Å²) in [5.41, 5.74) is 3.88. The molecule has 1 nitrogen and oxygen atoms in total. The van der Waals surface area contributed by atoms with E-state index in [0.717, 1.165) is 5.69 Å². The van der Waals surface area contributed by atoms with Crippen molar-refractivity contribution in [3.05, 3.63) is 41.5 Å². The van der Waals surface area contributed by atoms with Crippen molar-refractivity contribution >= 4 is 22.7 Å². The highest BCUT2D eigenvalue weighted by atomic mass is 14.8. The zero-order valence-corrected chi connectivity index (χ0v) is 9.91. The van der Waals surface area contributed by atoms with E-state index in [9.17, 15) is 0 Å². The molecule has 1 heterocycles. The van der Waals surface area contributed by atoms with Crippen LogP contribution in [0.15, 0.2) is 35.3 Å². The molecular formula is C15H15N. The fourth-order valence-electron chi connectivity index (χ4n) is 2.61. The molecule has 0 aromatic heterocycles. The van der Waals surface area contributed by atoms with Gasteiger partial charge >= 0.3 is 0 Å². The lowest BCUT2D eigenvalue weighted by Gasteiger charge is -2.19. The average molecular weight is 209 g/mol. The normalized spacial score (nSPS) is 16.7. The Bertz CT molecular complexity index is 606. The second-order valence-corrected chi connectivity index (χ2v) is 5.11. The first-order valence-corrected chi connectivity index (χ1v) is 5.68. The summed E-state index contributed by atoms with van der Waals surface area (Å²) in [6.45, 7) is 6.61. The molecule has 0 spiro atoms. The van der Waals surface area contributed by atoms with Gasteiger partial charge in [0.15, 0.2) is 0 Å². The molecule has 0 atom stereocenters. The Balaban J connectivity index is 2.50. The van der Waals surface area contributed by atoms with E-state index in [4.69, 9.17) is 0 Å². The van der Waals surface area contributed by atoms with Crippen LogP contribution in [0, 0.1) is 6.92 Å². The van der Waals surface area contributed by atoms with E-state index in [1.165, 1.54) is 21.9 Å². The third kappa shape index (κ3) is 1.15. The van der Waals surface area contributed by atoms with Crippen molar-refractivity contribution in [1.82, 2.24) is 0 Å². The van der Waals surface area contributed by atoms with Gasteiger partial charge in [0.2, 0.25) is 0 Å². The van der Waals surface area contributed by atoms with Crippen molar-refractivity contribution < 1.29 is 0 Å². The molecule has 0 bridgehead atoms. The molecule has 0 N–H and O–H groups in total. The zero-order chi connectivity index (χ0) is 11.3. The summed E-state index contributed by atoms with van der Waals surface area (Å²) in [5.74, 6) is 0. The van der Waals surface area contributed by atoms with E-state index in [2.05, 4.69) is 62.3 Å². The number of hydrogen-bond acceptors (Lipinski definition) is 1. The van der Waals surface area contributed by atoms with Gasteiger partial charge in [0.05, 0.1) is 5.69 Å². The first-order valence-electron chi connectivity index (χ1n) is 5.68. The lowest BCUT2D eigenvalue weighted by Crippen LogP contribution is -2.15. The first kappa shape index (κ1) is 9.59. The fourth-order valence-corrected chi connectivity index (χ4v) is 2.61. The van der Waals surface area contributed by atoms with Gasteiger partial charge in [0.25, 0.3) is 0 Å². The summed E-state index contributed by atoms with van der Waals surface area (Å²) in [5, 5.41) is 2.69. The zero-order valence-electron chi connectivity index (χ0n) is 9.91. The summed E-state index contributed by atoms with van der Waals surface area (Å²) in [7, 11) is 0. The van der Waals surface area contributed by atoms with Crippen molar-refractivity contribution in [1.29, 1.82) is 0 Å². The van der Waals surface area contributed by atoms with Crippen LogP contribution in [0.25, 0.3) is 10.8 Å². The van der Waals surface area contributed by atoms with Crippen LogP contribution in [0.3, 0.4) is 0 Å². The van der Waals surface area contributed by atoms with E-state index in [1.54, 1.807) is 0 Å². The van der Waals surface area contributed by atoms with Crippen LogP contribution in [-0.4, -0.2) is 6.21 Å². The van der Waals surface area contributed by atoms with E-state index in [-0.39, 0.29) is 5.41 Å². The Morgan fingerprint density at radius 2 is 1.75 bits per heavy atom. The van der Waals surface area contributed by atoms with Gasteiger partial charge in [0.1, 0.15) is 0 Å². The van der Waals surface area contributed by atoms with Crippen LogP contribution in [0.2, 0.25) is 0 Å². The van der Waals surface area contributed by atoms with Crippen molar-refractivity contribution in [3.8, 4) is 0 Å². The second kappa shape index (κ2) is 2.94. The van der Waals surface area contributed by atoms with Crippen molar-refractivity contribution in [3.63, 3.8) is 0 Å². The Hall–Kier alpha value is -1.63. The summed E-state index contributed by atoms with van der Waals surface area (Å²) in [6, 6.07) is 10.8. The molecule has 2 aromatic rings. The highest BCUT2D eigenvalue weighted by Crippen LogP contribution is 2.42. The van der Waals surface area contributed by atoms with Gasteiger partial charge in [-0.25, -0.2) is 0 Å². The van der Waals surface area contributed by atoms with Crippen LogP contribution in [-0.2, 0) is 5.41 Å². The summed E-state index contributed by atoms with van der Waals surface area (Å²) in [6.07, 6.45) is 2.06. The van der Waals surface area contributed by atoms with Gasteiger partial charge in [-0.1, -0.05) is 38.1 Å². The van der Waals surface area contributed by atoms with Gasteiger partial charge in [-0.05, 0) is 34.9 Å². The monoisotopic (exact) mass is 209 g/mol. The summed E-state index contributed by atoms with van der Waals surface area (Å²) >= 11 is 0. The van der Waals surface area contributed by atoms with Crippen molar-refractivity contribution in [2.75, 3.05) is 0 Å². The molecule has 0 saturated carbocycles. The van der Waals surface area contributed by atoms with Crippen LogP contribution < -0.4 is 0 Å². The minimum absolute atomic E-state index is 0.0582. The van der Waals surface area contributed by atoms with E-state index in [0.29, 0.717) is 0 Å². The van der Waals surface area contributed by atoms with Crippen LogP contribution in [0.5, 0.6) is 0 Å². The topological polar surface area (TPSA) is 12.4 Å². The predicted molar refractivity (Wildman–Crippen MR) is 69.9 cm³/mol. The third-order valence-electron chi connectivity index (χ3n) is 3.40. The maximum absolute atomic E-state index is 4.54. The van der Waals surface area contributed by atoms with Gasteiger partial charge < -0.3 is 0 Å². The molecule has 2 aromatic carbocycles. The number of rotatable bonds is 0. The molecule has 0 unspecified atom stereocenters. The minimum Gasteiger partial charge on any atom is -0.260 e. The molecule has 80 valence electrons. The number of nitrogens with zero attached hydrogens (tertiary/aromatic N) is 1. The Kier molecular flexibility index (Phi) is 1.76. The lowest BCUT2D eigenvalue weighted by molar-refractivity contribution is 0.760. The molecule has 0 radical (unpaired) electrons. The lowest BCUT2D eigenvalue weighted by atomic mass is 9.83. The van der Waals surface area contributed by atoms with Gasteiger partial charge in [-0.15, -0.1) is 0 Å². The molecular weight excluding hydrogens is 194 g/mol. The number of benzene rings is 2. The van der Waals surface area contributed by atoms with E-state index in [1.807, 2.05) is 0 Å². The van der Waals surface area contributed by atoms with Crippen LogP contribution in [0.1, 0.15) is 25.0 Å². The molecule has 1 aliphatic heterocycles. The number of fused-ring (bicyclic) bond motifs is 3. The maximum atomic E-state index is 4.54. The largest absolute Gasteiger partial charge is 0.260 e. The van der Waals surface area contributed by atoms with Crippen molar-refractivity contribution in [2.24, 2.45) is 4.99 Å².